The van der Waals surface area contributed by atoms with Gasteiger partial charge in [-0.3, -0.25) is 27.5 Å². The molecule has 10 atom stereocenters. The smallest absolute Gasteiger partial charge is 0.390 e. The van der Waals surface area contributed by atoms with Gasteiger partial charge in [0.15, 0.2) is 23.0 Å². The summed E-state index contributed by atoms with van der Waals surface area (Å²) in [4.78, 5) is 56.1. The summed E-state index contributed by atoms with van der Waals surface area (Å²) in [6.07, 6.45) is -4.01. The minimum atomic E-state index is -5.00. The van der Waals surface area contributed by atoms with Gasteiger partial charge < -0.3 is 40.0 Å². The van der Waals surface area contributed by atoms with Crippen molar-refractivity contribution in [2.24, 2.45) is 5.92 Å². The number of aromatic nitrogens is 8. The Bertz CT molecular complexity index is 1880. The summed E-state index contributed by atoms with van der Waals surface area (Å²) >= 11 is 0. The lowest BCUT2D eigenvalue weighted by molar-refractivity contribution is -0.0552. The molecule has 23 heteroatoms. The van der Waals surface area contributed by atoms with Gasteiger partial charge in [0.05, 0.1) is 50.5 Å². The number of hydrogen-bond donors (Lipinski definition) is 6. The number of hydrogen-bond acceptors (Lipinski definition) is 16. The number of nitrogens with two attached hydrogens (primary N) is 1. The van der Waals surface area contributed by atoms with Crippen molar-refractivity contribution in [3.8, 4) is 0 Å². The fourth-order valence-electron chi connectivity index (χ4n) is 5.72. The highest BCUT2D eigenvalue weighted by Gasteiger charge is 2.53. The second-order valence-corrected chi connectivity index (χ2v) is 13.2. The summed E-state index contributed by atoms with van der Waals surface area (Å²) in [6, 6.07) is -0.936. The van der Waals surface area contributed by atoms with Gasteiger partial charge in [-0.15, -0.1) is 0 Å². The standard InChI is InChI=1S/C21H25N9O12P2/c22-21-23-2-9-17(28-21)30(6-26-9)20-14(32)16-11(40-20)4-39-44(36,37)41-15-10(1-8(13(15)31)3-38-43(34,35)42-16)29-7-27-12-18(29)24-5-25-19(12)33/h2,5-8,10-11,13-16,20,31-32H,1,3-4H2,(H,34,35)(H,36,37)(H2,22,23,28)(H,24,25,33)/t8-,10-,11-,13?,14?,15?,16?,20-/m1/s1. The van der Waals surface area contributed by atoms with Crippen molar-refractivity contribution in [1.82, 2.24) is 39.0 Å². The van der Waals surface area contributed by atoms with Crippen LogP contribution in [0.1, 0.15) is 18.7 Å². The summed E-state index contributed by atoms with van der Waals surface area (Å²) in [5.74, 6) is -1.04. The van der Waals surface area contributed by atoms with E-state index in [4.69, 9.17) is 28.6 Å². The van der Waals surface area contributed by atoms with Gasteiger partial charge in [-0.05, 0) is 6.42 Å². The number of nitrogen functional groups attached to an aromatic ring is 1. The lowest BCUT2D eigenvalue weighted by atomic mass is 10.1. The number of aromatic amines is 1. The molecule has 2 bridgehead atoms. The third kappa shape index (κ3) is 5.15. The number of nitrogens with zero attached hydrogens (tertiary/aromatic N) is 7. The van der Waals surface area contributed by atoms with E-state index in [2.05, 4.69) is 29.9 Å². The zero-order valence-electron chi connectivity index (χ0n) is 22.2. The fraction of sp³-hybridized carbons (Fsp3) is 0.524. The van der Waals surface area contributed by atoms with Crippen LogP contribution in [-0.2, 0) is 32.0 Å². The molecule has 1 aliphatic carbocycles. The van der Waals surface area contributed by atoms with Crippen LogP contribution >= 0.6 is 15.6 Å². The summed E-state index contributed by atoms with van der Waals surface area (Å²) in [6.45, 7) is -1.35. The molecule has 21 nitrogen and oxygen atoms in total. The number of anilines is 1. The van der Waals surface area contributed by atoms with E-state index < -0.39 is 83.1 Å². The van der Waals surface area contributed by atoms with Crippen LogP contribution in [0.15, 0.2) is 30.0 Å². The Morgan fingerprint density at radius 3 is 2.45 bits per heavy atom. The molecule has 4 aromatic heterocycles. The van der Waals surface area contributed by atoms with Crippen LogP contribution < -0.4 is 11.3 Å². The maximum Gasteiger partial charge on any atom is 0.472 e. The van der Waals surface area contributed by atoms with Gasteiger partial charge >= 0.3 is 15.6 Å². The maximum absolute atomic E-state index is 13.2. The predicted octanol–water partition coefficient (Wildman–Crippen LogP) is -1.26. The Balaban J connectivity index is 1.20. The van der Waals surface area contributed by atoms with Crippen molar-refractivity contribution in [3.05, 3.63) is 35.5 Å². The number of aliphatic hydroxyl groups excluding tert-OH is 2. The Kier molecular flexibility index (Phi) is 7.18. The maximum atomic E-state index is 13.2. The quantitative estimate of drug-likeness (QED) is 0.137. The van der Waals surface area contributed by atoms with Gasteiger partial charge in [0.2, 0.25) is 5.95 Å². The molecule has 0 amide bonds. The Labute approximate surface area is 244 Å². The van der Waals surface area contributed by atoms with Gasteiger partial charge in [-0.1, -0.05) is 0 Å². The average molecular weight is 657 g/mol. The van der Waals surface area contributed by atoms with Gasteiger partial charge in [0, 0.05) is 5.92 Å². The molecule has 3 aliphatic rings. The van der Waals surface area contributed by atoms with Crippen molar-refractivity contribution in [2.45, 2.75) is 49.2 Å². The predicted molar refractivity (Wildman–Crippen MR) is 142 cm³/mol. The molecule has 0 radical (unpaired) electrons. The molecule has 1 saturated carbocycles. The highest BCUT2D eigenvalue weighted by Crippen LogP contribution is 2.55. The van der Waals surface area contributed by atoms with E-state index in [-0.39, 0.29) is 29.2 Å². The van der Waals surface area contributed by atoms with E-state index in [0.717, 1.165) is 6.33 Å². The molecule has 7 rings (SSSR count). The second-order valence-electron chi connectivity index (χ2n) is 10.4. The van der Waals surface area contributed by atoms with Crippen molar-refractivity contribution in [1.29, 1.82) is 0 Å². The van der Waals surface area contributed by atoms with Crippen LogP contribution in [-0.4, -0.2) is 103 Å². The van der Waals surface area contributed by atoms with Gasteiger partial charge in [0.25, 0.3) is 5.56 Å². The van der Waals surface area contributed by atoms with Crippen LogP contribution in [0, 0.1) is 5.92 Å². The first-order chi connectivity index (χ1) is 20.9. The van der Waals surface area contributed by atoms with E-state index in [0.29, 0.717) is 5.52 Å². The molecule has 6 unspecified atom stereocenters. The highest BCUT2D eigenvalue weighted by molar-refractivity contribution is 7.47. The fourth-order valence-corrected chi connectivity index (χ4v) is 7.70. The van der Waals surface area contributed by atoms with Crippen molar-refractivity contribution in [3.63, 3.8) is 0 Å². The summed E-state index contributed by atoms with van der Waals surface area (Å²) in [5.41, 5.74) is 5.69. The average Bonchev–Trinajstić information content (AvgIpc) is 3.72. The van der Waals surface area contributed by atoms with E-state index in [1.54, 1.807) is 0 Å². The minimum absolute atomic E-state index is 0.0235. The number of imidazole rings is 2. The van der Waals surface area contributed by atoms with E-state index in [1.165, 1.54) is 28.0 Å². The number of aliphatic hydroxyl groups is 2. The lowest BCUT2D eigenvalue weighted by Crippen LogP contribution is -2.36. The van der Waals surface area contributed by atoms with Crippen LogP contribution in [0.3, 0.4) is 0 Å². The zero-order chi connectivity index (χ0) is 31.0. The molecule has 3 fully saturated rings. The number of rotatable bonds is 2. The zero-order valence-corrected chi connectivity index (χ0v) is 24.0. The molecule has 2 aliphatic heterocycles. The topological polar surface area (TPSA) is 294 Å². The minimum Gasteiger partial charge on any atom is -0.390 e. The molecule has 0 aromatic carbocycles. The summed E-state index contributed by atoms with van der Waals surface area (Å²) in [5, 5.41) is 22.2. The second kappa shape index (κ2) is 10.7. The monoisotopic (exact) mass is 657 g/mol. The molecule has 0 spiro atoms. The first-order valence-electron chi connectivity index (χ1n) is 13.1. The van der Waals surface area contributed by atoms with E-state index in [1.807, 2.05) is 0 Å². The lowest BCUT2D eigenvalue weighted by Gasteiger charge is -2.26. The Morgan fingerprint density at radius 2 is 1.66 bits per heavy atom. The number of phosphoric ester groups is 2. The van der Waals surface area contributed by atoms with Gasteiger partial charge in [0.1, 0.15) is 29.9 Å². The Morgan fingerprint density at radius 1 is 0.932 bits per heavy atom. The first-order valence-corrected chi connectivity index (χ1v) is 16.1. The molecule has 44 heavy (non-hydrogen) atoms. The van der Waals surface area contributed by atoms with Crippen molar-refractivity contribution < 1.29 is 52.0 Å². The van der Waals surface area contributed by atoms with Gasteiger partial charge in [-0.25, -0.2) is 29.1 Å². The number of fused-ring (bicyclic) bond motifs is 5. The molecule has 4 aromatic rings. The SMILES string of the molecule is Nc1ncc2ncn([C@@H]3O[C@@H]4COP(=O)(O)OC5C(O)[C@@H](COP(=O)(O)OC4C3O)C[C@H]5n3cnc4c(=O)[nH]cnc43)c2n1. The largest absolute Gasteiger partial charge is 0.472 e. The van der Waals surface area contributed by atoms with E-state index in [9.17, 15) is 33.9 Å². The van der Waals surface area contributed by atoms with Crippen LogP contribution in [0.25, 0.3) is 22.3 Å². The van der Waals surface area contributed by atoms with Crippen LogP contribution in [0.2, 0.25) is 0 Å². The number of H-pyrrole nitrogens is 1. The van der Waals surface area contributed by atoms with E-state index >= 15 is 0 Å². The molecular weight excluding hydrogens is 632 g/mol. The Hall–Kier alpha value is -3.20. The normalized spacial score (nSPS) is 38.3. The first kappa shape index (κ1) is 29.5. The highest BCUT2D eigenvalue weighted by atomic mass is 31.2. The van der Waals surface area contributed by atoms with Crippen LogP contribution in [0.5, 0.6) is 0 Å². The molecule has 236 valence electrons. The number of ether oxygens (including phenoxy) is 1. The summed E-state index contributed by atoms with van der Waals surface area (Å²) < 4.78 is 56.0. The van der Waals surface area contributed by atoms with Crippen molar-refractivity contribution in [2.75, 3.05) is 18.9 Å². The number of phosphoric acid groups is 2. The van der Waals surface area contributed by atoms with Crippen molar-refractivity contribution >= 4 is 43.9 Å². The van der Waals surface area contributed by atoms with Gasteiger partial charge in [-0.2, -0.15) is 4.98 Å². The molecule has 2 saturated heterocycles. The number of nitrogens with one attached hydrogen (secondary N) is 1. The molecular formula is C21H25N9O12P2. The molecule has 7 N–H and O–H groups in total. The summed E-state index contributed by atoms with van der Waals surface area (Å²) in [7, 11) is -9.96. The third-order valence-corrected chi connectivity index (χ3v) is 9.72. The van der Waals surface area contributed by atoms with Crippen LogP contribution in [0.4, 0.5) is 5.95 Å². The third-order valence-electron chi connectivity index (χ3n) is 7.75. The molecule has 6 heterocycles.